The van der Waals surface area contributed by atoms with E-state index in [1.165, 1.54) is 0 Å². The van der Waals surface area contributed by atoms with Crippen LogP contribution in [0.25, 0.3) is 0 Å². The van der Waals surface area contributed by atoms with Crippen molar-refractivity contribution in [2.24, 2.45) is 11.8 Å². The maximum Gasteiger partial charge on any atom is 0.140 e. The van der Waals surface area contributed by atoms with Crippen molar-refractivity contribution in [1.29, 1.82) is 0 Å². The first-order valence-corrected chi connectivity index (χ1v) is 8.29. The topological polar surface area (TPSA) is 17.1 Å². The second-order valence-corrected chi connectivity index (χ2v) is 10.5. The predicted octanol–water partition coefficient (Wildman–Crippen LogP) is 2.47. The number of carbonyl (C=O) groups is 1. The van der Waals surface area contributed by atoms with Crippen LogP contribution < -0.4 is 0 Å². The third-order valence-corrected chi connectivity index (χ3v) is 6.01. The molecule has 2 bridgehead atoms. The molecule has 1 saturated carbocycles. The van der Waals surface area contributed by atoms with Gasteiger partial charge in [-0.25, -0.2) is 0 Å². The molecule has 66 valence electrons. The maximum atomic E-state index is 11.5. The molecule has 0 aromatic rings. The van der Waals surface area contributed by atoms with Crippen molar-refractivity contribution in [3.05, 3.63) is 12.2 Å². The maximum absolute atomic E-state index is 11.5. The van der Waals surface area contributed by atoms with E-state index in [2.05, 4.69) is 31.8 Å². The van der Waals surface area contributed by atoms with Gasteiger partial charge in [-0.3, -0.25) is 4.79 Å². The molecule has 3 atom stereocenters. The van der Waals surface area contributed by atoms with Crippen LogP contribution >= 0.6 is 0 Å². The van der Waals surface area contributed by atoms with Gasteiger partial charge in [0.2, 0.25) is 0 Å². The summed E-state index contributed by atoms with van der Waals surface area (Å²) < 4.78 is 0. The van der Waals surface area contributed by atoms with Crippen LogP contribution in [-0.4, -0.2) is 13.9 Å². The Kier molecular flexibility index (Phi) is 1.59. The van der Waals surface area contributed by atoms with E-state index in [4.69, 9.17) is 0 Å². The fourth-order valence-electron chi connectivity index (χ4n) is 2.82. The highest BCUT2D eigenvalue weighted by Gasteiger charge is 2.49. The molecule has 0 aromatic heterocycles. The van der Waals surface area contributed by atoms with Crippen LogP contribution in [-0.2, 0) is 4.79 Å². The molecule has 1 fully saturated rings. The highest BCUT2D eigenvalue weighted by atomic mass is 28.3. The lowest BCUT2D eigenvalue weighted by molar-refractivity contribution is -0.119. The molecule has 0 aromatic carbocycles. The predicted molar refractivity (Wildman–Crippen MR) is 52.8 cm³/mol. The second kappa shape index (κ2) is 2.31. The minimum Gasteiger partial charge on any atom is -0.299 e. The molecule has 1 nitrogen and oxygen atoms in total. The largest absolute Gasteiger partial charge is 0.299 e. The number of hydrogen-bond acceptors (Lipinski definition) is 1. The molecule has 0 radical (unpaired) electrons. The average molecular weight is 180 g/mol. The molecule has 2 heteroatoms. The summed E-state index contributed by atoms with van der Waals surface area (Å²) in [4.78, 5) is 11.5. The summed E-state index contributed by atoms with van der Waals surface area (Å²) >= 11 is 0. The van der Waals surface area contributed by atoms with Crippen molar-refractivity contribution in [3.63, 3.8) is 0 Å². The van der Waals surface area contributed by atoms with Gasteiger partial charge in [0.15, 0.2) is 0 Å². The van der Waals surface area contributed by atoms with Crippen molar-refractivity contribution in [2.75, 3.05) is 0 Å². The monoisotopic (exact) mass is 180 g/mol. The van der Waals surface area contributed by atoms with E-state index in [0.717, 1.165) is 6.42 Å². The Morgan fingerprint density at radius 1 is 1.33 bits per heavy atom. The number of fused-ring (bicyclic) bond motifs is 2. The Labute approximate surface area is 74.9 Å². The molecular formula is C10H16OSi. The Morgan fingerprint density at radius 3 is 2.25 bits per heavy atom. The molecule has 0 N–H and O–H groups in total. The standard InChI is InChI=1S/C10H16OSi/c1-12(2,3)10-7-4-5-8(10)9(11)6-7/h4-5,7-8,10H,6H2,1-3H3. The molecule has 0 heterocycles. The van der Waals surface area contributed by atoms with Gasteiger partial charge in [-0.1, -0.05) is 31.8 Å². The molecule has 2 rings (SSSR count). The van der Waals surface area contributed by atoms with Crippen LogP contribution in [0.5, 0.6) is 0 Å². The Balaban J connectivity index is 2.29. The van der Waals surface area contributed by atoms with Crippen molar-refractivity contribution in [3.8, 4) is 0 Å². The van der Waals surface area contributed by atoms with Crippen LogP contribution in [0.1, 0.15) is 6.42 Å². The fraction of sp³-hybridized carbons (Fsp3) is 0.700. The molecule has 0 spiro atoms. The van der Waals surface area contributed by atoms with Gasteiger partial charge in [0.05, 0.1) is 0 Å². The minimum absolute atomic E-state index is 0.307. The Morgan fingerprint density at radius 2 is 2.00 bits per heavy atom. The van der Waals surface area contributed by atoms with Gasteiger partial charge in [0.1, 0.15) is 5.78 Å². The molecule has 0 saturated heterocycles. The third kappa shape index (κ3) is 1.01. The van der Waals surface area contributed by atoms with Crippen molar-refractivity contribution < 1.29 is 4.79 Å². The highest BCUT2D eigenvalue weighted by Crippen LogP contribution is 2.51. The highest BCUT2D eigenvalue weighted by molar-refractivity contribution is 6.78. The van der Waals surface area contributed by atoms with E-state index in [9.17, 15) is 4.79 Å². The first-order valence-electron chi connectivity index (χ1n) is 4.71. The summed E-state index contributed by atoms with van der Waals surface area (Å²) in [5.41, 5.74) is 0.713. The van der Waals surface area contributed by atoms with E-state index >= 15 is 0 Å². The zero-order valence-electron chi connectivity index (χ0n) is 8.00. The number of ketones is 1. The van der Waals surface area contributed by atoms with Crippen molar-refractivity contribution >= 4 is 13.9 Å². The van der Waals surface area contributed by atoms with Crippen LogP contribution in [0, 0.1) is 11.8 Å². The van der Waals surface area contributed by atoms with Gasteiger partial charge < -0.3 is 0 Å². The number of allylic oxidation sites excluding steroid dienone is 2. The third-order valence-electron chi connectivity index (χ3n) is 3.22. The SMILES string of the molecule is C[Si](C)(C)C1C2C=CC1C(=O)C2. The molecule has 2 aliphatic carbocycles. The van der Waals surface area contributed by atoms with E-state index < -0.39 is 8.07 Å². The lowest BCUT2D eigenvalue weighted by atomic mass is 10.1. The summed E-state index contributed by atoms with van der Waals surface area (Å²) in [6.07, 6.45) is 5.25. The van der Waals surface area contributed by atoms with E-state index in [-0.39, 0.29) is 0 Å². The summed E-state index contributed by atoms with van der Waals surface area (Å²) in [7, 11) is -1.11. The Bertz CT molecular complexity index is 249. The lowest BCUT2D eigenvalue weighted by Gasteiger charge is -2.28. The second-order valence-electron chi connectivity index (χ2n) is 5.14. The van der Waals surface area contributed by atoms with Crippen LogP contribution in [0.15, 0.2) is 12.2 Å². The summed E-state index contributed by atoms with van der Waals surface area (Å²) in [5.74, 6) is 1.41. The number of hydrogen-bond donors (Lipinski definition) is 0. The van der Waals surface area contributed by atoms with E-state index in [0.29, 0.717) is 23.2 Å². The van der Waals surface area contributed by atoms with E-state index in [1.807, 2.05) is 0 Å². The van der Waals surface area contributed by atoms with Crippen LogP contribution in [0.3, 0.4) is 0 Å². The van der Waals surface area contributed by atoms with E-state index in [1.54, 1.807) is 0 Å². The Hall–Kier alpha value is -0.373. The first kappa shape index (κ1) is 8.24. The molecule has 0 amide bonds. The smallest absolute Gasteiger partial charge is 0.140 e. The van der Waals surface area contributed by atoms with Crippen LogP contribution in [0.2, 0.25) is 25.2 Å². The zero-order chi connectivity index (χ0) is 8.93. The molecule has 2 aliphatic rings. The normalized spacial score (nSPS) is 39.6. The van der Waals surface area contributed by atoms with Gasteiger partial charge >= 0.3 is 0 Å². The van der Waals surface area contributed by atoms with Crippen LogP contribution in [0.4, 0.5) is 0 Å². The van der Waals surface area contributed by atoms with Gasteiger partial charge in [-0.2, -0.15) is 0 Å². The number of Topliss-reactive ketones (excluding diaryl/α,β-unsaturated/α-hetero) is 1. The fourth-order valence-corrected chi connectivity index (χ4v) is 5.71. The number of carbonyl (C=O) groups excluding carboxylic acids is 1. The molecular weight excluding hydrogens is 164 g/mol. The minimum atomic E-state index is -1.11. The molecule has 3 unspecified atom stereocenters. The number of rotatable bonds is 1. The lowest BCUT2D eigenvalue weighted by Crippen LogP contribution is -2.32. The van der Waals surface area contributed by atoms with Gasteiger partial charge in [-0.15, -0.1) is 0 Å². The van der Waals surface area contributed by atoms with Gasteiger partial charge in [-0.05, 0) is 11.5 Å². The summed E-state index contributed by atoms with van der Waals surface area (Å²) in [6, 6.07) is 0. The van der Waals surface area contributed by atoms with Gasteiger partial charge in [0.25, 0.3) is 0 Å². The molecule has 0 aliphatic heterocycles. The van der Waals surface area contributed by atoms with Crippen molar-refractivity contribution in [2.45, 2.75) is 31.6 Å². The molecule has 12 heavy (non-hydrogen) atoms. The average Bonchev–Trinajstić information content (AvgIpc) is 2.39. The zero-order valence-corrected chi connectivity index (χ0v) is 9.00. The summed E-state index contributed by atoms with van der Waals surface area (Å²) in [5, 5.41) is 0. The quantitative estimate of drug-likeness (QED) is 0.447. The van der Waals surface area contributed by atoms with Gasteiger partial charge in [0, 0.05) is 20.4 Å². The summed E-state index contributed by atoms with van der Waals surface area (Å²) in [6.45, 7) is 7.13. The van der Waals surface area contributed by atoms with Crippen molar-refractivity contribution in [1.82, 2.24) is 0 Å². The first-order chi connectivity index (χ1) is 5.50.